The third-order valence-electron chi connectivity index (χ3n) is 3.55. The first-order valence-electron chi connectivity index (χ1n) is 4.84. The number of rotatable bonds is 1. The maximum atomic E-state index is 9.06. The molecule has 1 heterocycles. The van der Waals surface area contributed by atoms with Gasteiger partial charge in [-0.05, 0) is 24.7 Å². The lowest BCUT2D eigenvalue weighted by Crippen LogP contribution is -2.44. The fourth-order valence-electron chi connectivity index (χ4n) is 1.98. The Balaban J connectivity index is 2.63. The second kappa shape index (κ2) is 3.75. The third kappa shape index (κ3) is 1.64. The van der Waals surface area contributed by atoms with Crippen LogP contribution in [0.4, 0.5) is 0 Å². The molecule has 0 saturated carbocycles. The topological polar surface area (TPSA) is 29.5 Å². The molecular weight excluding hydrogens is 152 g/mol. The van der Waals surface area contributed by atoms with Gasteiger partial charge in [-0.2, -0.15) is 0 Å². The average molecular weight is 172 g/mol. The van der Waals surface area contributed by atoms with Crippen LogP contribution >= 0.6 is 0 Å². The summed E-state index contributed by atoms with van der Waals surface area (Å²) in [6, 6.07) is 0. The van der Waals surface area contributed by atoms with Gasteiger partial charge in [0, 0.05) is 0 Å². The van der Waals surface area contributed by atoms with Crippen LogP contribution in [0.25, 0.3) is 0 Å². The van der Waals surface area contributed by atoms with Crippen molar-refractivity contribution in [2.24, 2.45) is 17.8 Å². The van der Waals surface area contributed by atoms with Crippen molar-refractivity contribution in [2.75, 3.05) is 6.61 Å². The largest absolute Gasteiger partial charge is 0.394 e. The minimum atomic E-state index is 0.0474. The van der Waals surface area contributed by atoms with Gasteiger partial charge in [-0.3, -0.25) is 0 Å². The van der Waals surface area contributed by atoms with Gasteiger partial charge in [0.05, 0.1) is 18.8 Å². The summed E-state index contributed by atoms with van der Waals surface area (Å²) in [5.41, 5.74) is 0. The molecule has 0 aromatic carbocycles. The first kappa shape index (κ1) is 10.0. The van der Waals surface area contributed by atoms with E-state index in [1.54, 1.807) is 0 Å². The zero-order valence-corrected chi connectivity index (χ0v) is 8.45. The van der Waals surface area contributed by atoms with Gasteiger partial charge in [-0.15, -0.1) is 0 Å². The average Bonchev–Trinajstić information content (AvgIpc) is 2.08. The number of aliphatic hydroxyl groups is 1. The van der Waals surface area contributed by atoms with Crippen molar-refractivity contribution in [2.45, 2.75) is 39.9 Å². The fraction of sp³-hybridized carbons (Fsp3) is 1.00. The molecule has 2 heteroatoms. The summed E-state index contributed by atoms with van der Waals surface area (Å²) < 4.78 is 5.68. The Morgan fingerprint density at radius 2 is 1.58 bits per heavy atom. The van der Waals surface area contributed by atoms with E-state index >= 15 is 0 Å². The van der Waals surface area contributed by atoms with Crippen molar-refractivity contribution in [1.82, 2.24) is 0 Å². The molecule has 1 aliphatic heterocycles. The van der Waals surface area contributed by atoms with Gasteiger partial charge in [-0.25, -0.2) is 0 Å². The van der Waals surface area contributed by atoms with Crippen molar-refractivity contribution in [3.05, 3.63) is 0 Å². The minimum absolute atomic E-state index is 0.0474. The second-order valence-electron chi connectivity index (χ2n) is 4.14. The molecule has 2 nitrogen and oxygen atoms in total. The molecular formula is C10H20O2. The van der Waals surface area contributed by atoms with Crippen LogP contribution in [-0.4, -0.2) is 23.9 Å². The number of ether oxygens (including phenoxy) is 1. The van der Waals surface area contributed by atoms with E-state index in [0.717, 1.165) is 0 Å². The third-order valence-corrected chi connectivity index (χ3v) is 3.55. The molecule has 1 saturated heterocycles. The summed E-state index contributed by atoms with van der Waals surface area (Å²) in [5.74, 6) is 1.72. The lowest BCUT2D eigenvalue weighted by Gasteiger charge is -2.41. The molecule has 1 N–H and O–H groups in total. The molecule has 0 aliphatic carbocycles. The molecule has 5 atom stereocenters. The Morgan fingerprint density at radius 1 is 1.00 bits per heavy atom. The summed E-state index contributed by atoms with van der Waals surface area (Å²) in [6.45, 7) is 8.88. The van der Waals surface area contributed by atoms with Crippen LogP contribution in [-0.2, 0) is 4.74 Å². The van der Waals surface area contributed by atoms with Gasteiger partial charge in [0.1, 0.15) is 0 Å². The first-order chi connectivity index (χ1) is 5.57. The van der Waals surface area contributed by atoms with Crippen LogP contribution in [0.1, 0.15) is 27.7 Å². The van der Waals surface area contributed by atoms with Crippen LogP contribution in [0.2, 0.25) is 0 Å². The minimum Gasteiger partial charge on any atom is -0.394 e. The second-order valence-corrected chi connectivity index (χ2v) is 4.14. The smallest absolute Gasteiger partial charge is 0.0837 e. The molecule has 5 unspecified atom stereocenters. The van der Waals surface area contributed by atoms with Crippen molar-refractivity contribution in [3.63, 3.8) is 0 Å². The molecule has 0 bridgehead atoms. The number of aliphatic hydroxyl groups excluding tert-OH is 1. The molecule has 1 rings (SSSR count). The summed E-state index contributed by atoms with van der Waals surface area (Å²) in [7, 11) is 0. The van der Waals surface area contributed by atoms with Crippen molar-refractivity contribution in [1.29, 1.82) is 0 Å². The van der Waals surface area contributed by atoms with E-state index in [4.69, 9.17) is 9.84 Å². The Bertz CT molecular complexity index is 142. The van der Waals surface area contributed by atoms with Gasteiger partial charge in [0.25, 0.3) is 0 Å². The normalized spacial score (nSPS) is 49.2. The molecule has 1 fully saturated rings. The molecule has 0 spiro atoms. The van der Waals surface area contributed by atoms with Crippen molar-refractivity contribution in [3.8, 4) is 0 Å². The van der Waals surface area contributed by atoms with E-state index in [2.05, 4.69) is 27.7 Å². The predicted octanol–water partition coefficient (Wildman–Crippen LogP) is 1.67. The highest BCUT2D eigenvalue weighted by Gasteiger charge is 2.36. The van der Waals surface area contributed by atoms with Gasteiger partial charge in [-0.1, -0.05) is 20.8 Å². The highest BCUT2D eigenvalue weighted by atomic mass is 16.5. The maximum absolute atomic E-state index is 9.06. The lowest BCUT2D eigenvalue weighted by atomic mass is 9.77. The Kier molecular flexibility index (Phi) is 3.13. The summed E-state index contributed by atoms with van der Waals surface area (Å²) >= 11 is 0. The van der Waals surface area contributed by atoms with Crippen LogP contribution in [0.15, 0.2) is 0 Å². The molecule has 0 radical (unpaired) electrons. The van der Waals surface area contributed by atoms with E-state index in [-0.39, 0.29) is 18.8 Å². The maximum Gasteiger partial charge on any atom is 0.0837 e. The Hall–Kier alpha value is -0.0800. The van der Waals surface area contributed by atoms with Gasteiger partial charge < -0.3 is 9.84 Å². The summed E-state index contributed by atoms with van der Waals surface area (Å²) in [4.78, 5) is 0. The first-order valence-corrected chi connectivity index (χ1v) is 4.84. The van der Waals surface area contributed by atoms with Gasteiger partial charge in [0.2, 0.25) is 0 Å². The SMILES string of the molecule is CC1OC(CO)C(C)C(C)C1C. The van der Waals surface area contributed by atoms with Crippen molar-refractivity contribution >= 4 is 0 Å². The quantitative estimate of drug-likeness (QED) is 0.652. The zero-order chi connectivity index (χ0) is 9.30. The van der Waals surface area contributed by atoms with Gasteiger partial charge >= 0.3 is 0 Å². The zero-order valence-electron chi connectivity index (χ0n) is 8.45. The molecule has 0 aromatic rings. The van der Waals surface area contributed by atoms with E-state index in [1.807, 2.05) is 0 Å². The molecule has 0 aromatic heterocycles. The van der Waals surface area contributed by atoms with Crippen LogP contribution in [0.3, 0.4) is 0 Å². The van der Waals surface area contributed by atoms with Crippen LogP contribution in [0.5, 0.6) is 0 Å². The highest BCUT2D eigenvalue weighted by molar-refractivity contribution is 4.83. The number of hydrogen-bond acceptors (Lipinski definition) is 2. The van der Waals surface area contributed by atoms with E-state index in [0.29, 0.717) is 17.8 Å². The monoisotopic (exact) mass is 172 g/mol. The van der Waals surface area contributed by atoms with Crippen LogP contribution < -0.4 is 0 Å². The van der Waals surface area contributed by atoms with E-state index in [9.17, 15) is 0 Å². The molecule has 1 aliphatic rings. The summed E-state index contributed by atoms with van der Waals surface area (Å²) in [6.07, 6.45) is 0.333. The van der Waals surface area contributed by atoms with E-state index < -0.39 is 0 Å². The number of hydrogen-bond donors (Lipinski definition) is 1. The predicted molar refractivity (Wildman–Crippen MR) is 48.9 cm³/mol. The van der Waals surface area contributed by atoms with Crippen LogP contribution in [0, 0.1) is 17.8 Å². The fourth-order valence-corrected chi connectivity index (χ4v) is 1.98. The lowest BCUT2D eigenvalue weighted by molar-refractivity contribution is -0.140. The molecule has 72 valence electrons. The summed E-state index contributed by atoms with van der Waals surface area (Å²) in [5, 5.41) is 9.06. The van der Waals surface area contributed by atoms with Gasteiger partial charge in [0.15, 0.2) is 0 Å². The van der Waals surface area contributed by atoms with Crippen molar-refractivity contribution < 1.29 is 9.84 Å². The Labute approximate surface area is 74.9 Å². The standard InChI is InChI=1S/C10H20O2/c1-6-7(2)9(4)12-10(5-11)8(6)3/h6-11H,5H2,1-4H3. The Morgan fingerprint density at radius 3 is 2.08 bits per heavy atom. The molecule has 12 heavy (non-hydrogen) atoms. The van der Waals surface area contributed by atoms with E-state index in [1.165, 1.54) is 0 Å². The highest BCUT2D eigenvalue weighted by Crippen LogP contribution is 2.34. The molecule has 0 amide bonds.